The number of ether oxygens (including phenoxy) is 2. The van der Waals surface area contributed by atoms with Crippen LogP contribution in [0.25, 0.3) is 0 Å². The van der Waals surface area contributed by atoms with Crippen LogP contribution in [-0.2, 0) is 17.8 Å². The van der Waals surface area contributed by atoms with E-state index in [1.807, 2.05) is 48.5 Å². The summed E-state index contributed by atoms with van der Waals surface area (Å²) >= 11 is 0. The topological polar surface area (TPSA) is 47.6 Å². The molecule has 1 atom stereocenters. The molecule has 0 radical (unpaired) electrons. The average molecular weight is 313 g/mol. The number of rotatable bonds is 7. The minimum atomic E-state index is -0.541. The summed E-state index contributed by atoms with van der Waals surface area (Å²) < 4.78 is 10.9. The van der Waals surface area contributed by atoms with Gasteiger partial charge in [-0.2, -0.15) is 0 Å². The summed E-state index contributed by atoms with van der Waals surface area (Å²) in [4.78, 5) is 12.2. The molecule has 4 heteroatoms. The molecule has 0 spiro atoms. The van der Waals surface area contributed by atoms with Crippen LogP contribution in [0.15, 0.2) is 48.5 Å². The van der Waals surface area contributed by atoms with Crippen molar-refractivity contribution in [2.75, 3.05) is 7.11 Å². The van der Waals surface area contributed by atoms with E-state index in [1.54, 1.807) is 14.0 Å². The molecule has 122 valence electrons. The fourth-order valence-electron chi connectivity index (χ4n) is 2.23. The van der Waals surface area contributed by atoms with Crippen LogP contribution in [0.2, 0.25) is 0 Å². The van der Waals surface area contributed by atoms with Gasteiger partial charge in [0.15, 0.2) is 6.10 Å². The number of carbonyl (C=O) groups excluding carboxylic acids is 1. The van der Waals surface area contributed by atoms with Gasteiger partial charge in [0.05, 0.1) is 7.11 Å². The van der Waals surface area contributed by atoms with Crippen molar-refractivity contribution in [3.63, 3.8) is 0 Å². The Labute approximate surface area is 137 Å². The molecule has 0 saturated heterocycles. The Morgan fingerprint density at radius 1 is 1.13 bits per heavy atom. The van der Waals surface area contributed by atoms with Crippen LogP contribution < -0.4 is 14.8 Å². The van der Waals surface area contributed by atoms with Gasteiger partial charge in [0.2, 0.25) is 0 Å². The molecular weight excluding hydrogens is 290 g/mol. The highest BCUT2D eigenvalue weighted by atomic mass is 16.5. The first-order valence-corrected chi connectivity index (χ1v) is 7.79. The molecule has 0 aromatic heterocycles. The first-order valence-electron chi connectivity index (χ1n) is 7.79. The number of hydrogen-bond donors (Lipinski definition) is 1. The summed E-state index contributed by atoms with van der Waals surface area (Å²) in [6.45, 7) is 4.29. The molecule has 0 unspecified atom stereocenters. The van der Waals surface area contributed by atoms with E-state index >= 15 is 0 Å². The number of aryl methyl sites for hydroxylation is 1. The smallest absolute Gasteiger partial charge is 0.261 e. The van der Waals surface area contributed by atoms with Crippen molar-refractivity contribution in [2.45, 2.75) is 32.9 Å². The van der Waals surface area contributed by atoms with E-state index in [9.17, 15) is 4.79 Å². The zero-order valence-electron chi connectivity index (χ0n) is 13.8. The zero-order chi connectivity index (χ0) is 16.7. The monoisotopic (exact) mass is 313 g/mol. The Morgan fingerprint density at radius 3 is 2.48 bits per heavy atom. The lowest BCUT2D eigenvalue weighted by Crippen LogP contribution is -2.36. The highest BCUT2D eigenvalue weighted by Crippen LogP contribution is 2.19. The van der Waals surface area contributed by atoms with E-state index in [-0.39, 0.29) is 5.91 Å². The van der Waals surface area contributed by atoms with Gasteiger partial charge in [0.25, 0.3) is 5.91 Å². The maximum Gasteiger partial charge on any atom is 0.261 e. The van der Waals surface area contributed by atoms with Crippen LogP contribution in [0, 0.1) is 0 Å². The van der Waals surface area contributed by atoms with Crippen molar-refractivity contribution in [3.05, 3.63) is 59.7 Å². The van der Waals surface area contributed by atoms with E-state index < -0.39 is 6.10 Å². The Balaban J connectivity index is 1.89. The molecule has 0 fully saturated rings. The van der Waals surface area contributed by atoms with Gasteiger partial charge >= 0.3 is 0 Å². The Bertz CT molecular complexity index is 637. The molecule has 2 rings (SSSR count). The maximum absolute atomic E-state index is 12.2. The third-order valence-electron chi connectivity index (χ3n) is 3.65. The predicted octanol–water partition coefficient (Wildman–Crippen LogP) is 3.34. The summed E-state index contributed by atoms with van der Waals surface area (Å²) in [6, 6.07) is 15.4. The third-order valence-corrected chi connectivity index (χ3v) is 3.65. The molecule has 23 heavy (non-hydrogen) atoms. The zero-order valence-corrected chi connectivity index (χ0v) is 13.8. The van der Waals surface area contributed by atoms with Crippen LogP contribution in [0.5, 0.6) is 11.5 Å². The van der Waals surface area contributed by atoms with Gasteiger partial charge in [-0.1, -0.05) is 37.3 Å². The summed E-state index contributed by atoms with van der Waals surface area (Å²) in [5.74, 6) is 1.43. The second kappa shape index (κ2) is 8.22. The summed E-state index contributed by atoms with van der Waals surface area (Å²) in [6.07, 6.45) is 0.331. The summed E-state index contributed by atoms with van der Waals surface area (Å²) in [7, 11) is 1.63. The Hall–Kier alpha value is -2.49. The van der Waals surface area contributed by atoms with Crippen LogP contribution in [0.4, 0.5) is 0 Å². The van der Waals surface area contributed by atoms with Crippen molar-refractivity contribution in [3.8, 4) is 11.5 Å². The van der Waals surface area contributed by atoms with Gasteiger partial charge < -0.3 is 14.8 Å². The quantitative estimate of drug-likeness (QED) is 0.853. The fraction of sp³-hybridized carbons (Fsp3) is 0.316. The second-order valence-corrected chi connectivity index (χ2v) is 5.29. The van der Waals surface area contributed by atoms with Gasteiger partial charge in [0.1, 0.15) is 11.5 Å². The van der Waals surface area contributed by atoms with Gasteiger partial charge in [-0.15, -0.1) is 0 Å². The highest BCUT2D eigenvalue weighted by Gasteiger charge is 2.15. The number of carbonyl (C=O) groups is 1. The molecular formula is C19H23NO3. The van der Waals surface area contributed by atoms with Crippen LogP contribution in [0.1, 0.15) is 25.0 Å². The largest absolute Gasteiger partial charge is 0.497 e. The minimum absolute atomic E-state index is 0.133. The van der Waals surface area contributed by atoms with Crippen molar-refractivity contribution >= 4 is 5.91 Å². The van der Waals surface area contributed by atoms with E-state index in [2.05, 4.69) is 12.2 Å². The predicted molar refractivity (Wildman–Crippen MR) is 90.8 cm³/mol. The molecule has 0 bridgehead atoms. The van der Waals surface area contributed by atoms with Gasteiger partial charge in [-0.25, -0.2) is 0 Å². The maximum atomic E-state index is 12.2. The summed E-state index contributed by atoms with van der Waals surface area (Å²) in [5, 5.41) is 2.89. The SMILES string of the molecule is CCc1ccccc1O[C@@H](C)C(=O)NCc1ccc(OC)cc1. The molecule has 1 N–H and O–H groups in total. The standard InChI is InChI=1S/C19H23NO3/c1-4-16-7-5-6-8-18(16)23-14(2)19(21)20-13-15-9-11-17(22-3)12-10-15/h5-12,14H,4,13H2,1-3H3,(H,20,21)/t14-/m0/s1. The first-order chi connectivity index (χ1) is 11.1. The average Bonchev–Trinajstić information content (AvgIpc) is 2.60. The molecule has 2 aromatic rings. The Morgan fingerprint density at radius 2 is 1.83 bits per heavy atom. The van der Waals surface area contributed by atoms with Crippen LogP contribution in [-0.4, -0.2) is 19.1 Å². The van der Waals surface area contributed by atoms with E-state index in [4.69, 9.17) is 9.47 Å². The lowest BCUT2D eigenvalue weighted by Gasteiger charge is -2.17. The molecule has 2 aromatic carbocycles. The molecule has 1 amide bonds. The van der Waals surface area contributed by atoms with Crippen molar-refractivity contribution in [2.24, 2.45) is 0 Å². The summed E-state index contributed by atoms with van der Waals surface area (Å²) in [5.41, 5.74) is 2.11. The third kappa shape index (κ3) is 4.74. The number of amides is 1. The number of methoxy groups -OCH3 is 1. The van der Waals surface area contributed by atoms with E-state index in [0.717, 1.165) is 29.0 Å². The fourth-order valence-corrected chi connectivity index (χ4v) is 2.23. The van der Waals surface area contributed by atoms with Crippen molar-refractivity contribution < 1.29 is 14.3 Å². The molecule has 0 aliphatic carbocycles. The van der Waals surface area contributed by atoms with Crippen LogP contribution in [0.3, 0.4) is 0 Å². The number of nitrogens with one attached hydrogen (secondary N) is 1. The molecule has 0 saturated carbocycles. The molecule has 0 aliphatic heterocycles. The van der Waals surface area contributed by atoms with E-state index in [0.29, 0.717) is 6.54 Å². The Kier molecular flexibility index (Phi) is 6.03. The van der Waals surface area contributed by atoms with E-state index in [1.165, 1.54) is 0 Å². The van der Waals surface area contributed by atoms with Gasteiger partial charge in [0, 0.05) is 6.54 Å². The lowest BCUT2D eigenvalue weighted by atomic mass is 10.1. The molecule has 0 aliphatic rings. The first kappa shape index (κ1) is 16.9. The van der Waals surface area contributed by atoms with Gasteiger partial charge in [-0.05, 0) is 42.7 Å². The highest BCUT2D eigenvalue weighted by molar-refractivity contribution is 5.80. The number of benzene rings is 2. The minimum Gasteiger partial charge on any atom is -0.497 e. The van der Waals surface area contributed by atoms with Crippen molar-refractivity contribution in [1.29, 1.82) is 0 Å². The van der Waals surface area contributed by atoms with Crippen molar-refractivity contribution in [1.82, 2.24) is 5.32 Å². The molecule has 4 nitrogen and oxygen atoms in total. The normalized spacial score (nSPS) is 11.6. The number of hydrogen-bond acceptors (Lipinski definition) is 3. The lowest BCUT2D eigenvalue weighted by molar-refractivity contribution is -0.127. The van der Waals surface area contributed by atoms with Crippen LogP contribution >= 0.6 is 0 Å². The number of para-hydroxylation sites is 1. The van der Waals surface area contributed by atoms with Gasteiger partial charge in [-0.3, -0.25) is 4.79 Å². The molecule has 0 heterocycles. The second-order valence-electron chi connectivity index (χ2n) is 5.29.